The molecule has 1 aromatic heterocycles. The normalized spacial score (nSPS) is 10.0. The van der Waals surface area contributed by atoms with E-state index in [1.807, 2.05) is 60.7 Å². The predicted octanol–water partition coefficient (Wildman–Crippen LogP) is 4.63. The summed E-state index contributed by atoms with van der Waals surface area (Å²) in [7, 11) is 1.63. The smallest absolute Gasteiger partial charge is 0.169 e. The Balaban J connectivity index is 1.88. The third-order valence-corrected chi connectivity index (χ3v) is 3.14. The third-order valence-electron chi connectivity index (χ3n) is 3.14. The van der Waals surface area contributed by atoms with Crippen LogP contribution in [0, 0.1) is 0 Å². The van der Waals surface area contributed by atoms with Crippen molar-refractivity contribution in [1.29, 1.82) is 0 Å². The summed E-state index contributed by atoms with van der Waals surface area (Å²) in [5.74, 6) is 2.10. The molecule has 1 N–H and O–H groups in total. The lowest BCUT2D eigenvalue weighted by Crippen LogP contribution is -1.95. The largest absolute Gasteiger partial charge is 0.493 e. The number of nitrogens with one attached hydrogen (secondary N) is 1. The fourth-order valence-corrected chi connectivity index (χ4v) is 2.07. The first-order chi connectivity index (χ1) is 10.9. The topological polar surface area (TPSA) is 43.4 Å². The summed E-state index contributed by atoms with van der Waals surface area (Å²) in [5, 5.41) is 3.32. The van der Waals surface area contributed by atoms with Crippen molar-refractivity contribution < 1.29 is 9.47 Å². The van der Waals surface area contributed by atoms with Gasteiger partial charge in [-0.3, -0.25) is 4.98 Å². The van der Waals surface area contributed by atoms with E-state index < -0.39 is 0 Å². The first-order valence-corrected chi connectivity index (χ1v) is 6.94. The molecule has 4 nitrogen and oxygen atoms in total. The molecule has 0 unspecified atom stereocenters. The maximum atomic E-state index is 6.00. The summed E-state index contributed by atoms with van der Waals surface area (Å²) in [6, 6.07) is 19.1. The first kappa shape index (κ1) is 13.9. The van der Waals surface area contributed by atoms with Crippen molar-refractivity contribution >= 4 is 11.4 Å². The van der Waals surface area contributed by atoms with Gasteiger partial charge in [-0.05, 0) is 36.4 Å². The van der Waals surface area contributed by atoms with Gasteiger partial charge in [-0.2, -0.15) is 0 Å². The van der Waals surface area contributed by atoms with Crippen molar-refractivity contribution in [3.05, 3.63) is 73.1 Å². The van der Waals surface area contributed by atoms with E-state index in [1.165, 1.54) is 0 Å². The van der Waals surface area contributed by atoms with Crippen LogP contribution in [0.5, 0.6) is 17.2 Å². The number of methoxy groups -OCH3 is 1. The Hall–Kier alpha value is -3.01. The number of pyridine rings is 1. The molecule has 0 amide bonds. The van der Waals surface area contributed by atoms with E-state index in [0.29, 0.717) is 11.5 Å². The Morgan fingerprint density at radius 1 is 0.773 bits per heavy atom. The molecule has 3 aromatic rings. The van der Waals surface area contributed by atoms with Crippen LogP contribution in [-0.4, -0.2) is 12.1 Å². The molecule has 3 rings (SSSR count). The Kier molecular flexibility index (Phi) is 4.20. The number of aromatic nitrogens is 1. The van der Waals surface area contributed by atoms with E-state index >= 15 is 0 Å². The standard InChI is InChI=1S/C18H16N2O2/c1-21-17-8-4-5-9-18(17)22-16-7-3-2-6-15(16)20-14-10-12-19-13-11-14/h2-13H,1H3,(H,19,20). The summed E-state index contributed by atoms with van der Waals surface area (Å²) in [4.78, 5) is 4.01. The number of nitrogens with zero attached hydrogens (tertiary/aromatic N) is 1. The number of hydrogen-bond donors (Lipinski definition) is 1. The van der Waals surface area contributed by atoms with Crippen LogP contribution in [0.4, 0.5) is 11.4 Å². The number of benzene rings is 2. The van der Waals surface area contributed by atoms with Gasteiger partial charge >= 0.3 is 0 Å². The molecule has 0 aliphatic heterocycles. The quantitative estimate of drug-likeness (QED) is 0.744. The van der Waals surface area contributed by atoms with Crippen molar-refractivity contribution in [2.75, 3.05) is 12.4 Å². The second-order valence-corrected chi connectivity index (χ2v) is 4.61. The van der Waals surface area contributed by atoms with Crippen LogP contribution in [0.15, 0.2) is 73.1 Å². The molecular weight excluding hydrogens is 276 g/mol. The van der Waals surface area contributed by atoms with Crippen LogP contribution in [0.2, 0.25) is 0 Å². The highest BCUT2D eigenvalue weighted by molar-refractivity contribution is 5.66. The Morgan fingerprint density at radius 2 is 1.41 bits per heavy atom. The number of hydrogen-bond acceptors (Lipinski definition) is 4. The lowest BCUT2D eigenvalue weighted by Gasteiger charge is -2.14. The minimum absolute atomic E-state index is 0.675. The van der Waals surface area contributed by atoms with Gasteiger partial charge < -0.3 is 14.8 Å². The summed E-state index contributed by atoms with van der Waals surface area (Å²) >= 11 is 0. The molecule has 0 atom stereocenters. The van der Waals surface area contributed by atoms with E-state index in [-0.39, 0.29) is 0 Å². The first-order valence-electron chi connectivity index (χ1n) is 6.94. The molecule has 0 bridgehead atoms. The molecule has 2 aromatic carbocycles. The van der Waals surface area contributed by atoms with Gasteiger partial charge in [0.2, 0.25) is 0 Å². The van der Waals surface area contributed by atoms with E-state index in [1.54, 1.807) is 19.5 Å². The minimum Gasteiger partial charge on any atom is -0.493 e. The zero-order valence-corrected chi connectivity index (χ0v) is 12.2. The van der Waals surface area contributed by atoms with E-state index in [4.69, 9.17) is 9.47 Å². The second-order valence-electron chi connectivity index (χ2n) is 4.61. The third kappa shape index (κ3) is 3.17. The van der Waals surface area contributed by atoms with Crippen LogP contribution in [0.25, 0.3) is 0 Å². The van der Waals surface area contributed by atoms with E-state index in [2.05, 4.69) is 10.3 Å². The van der Waals surface area contributed by atoms with Crippen LogP contribution >= 0.6 is 0 Å². The number of anilines is 2. The molecule has 0 aliphatic carbocycles. The van der Waals surface area contributed by atoms with Crippen molar-refractivity contribution in [2.24, 2.45) is 0 Å². The monoisotopic (exact) mass is 292 g/mol. The molecule has 110 valence electrons. The molecule has 0 saturated heterocycles. The average Bonchev–Trinajstić information content (AvgIpc) is 2.58. The molecule has 4 heteroatoms. The van der Waals surface area contributed by atoms with Crippen molar-refractivity contribution in [3.8, 4) is 17.2 Å². The summed E-state index contributed by atoms with van der Waals surface area (Å²) < 4.78 is 11.3. The van der Waals surface area contributed by atoms with Gasteiger partial charge in [-0.15, -0.1) is 0 Å². The number of para-hydroxylation sites is 4. The van der Waals surface area contributed by atoms with Crippen LogP contribution in [0.3, 0.4) is 0 Å². The summed E-state index contributed by atoms with van der Waals surface area (Å²) in [6.45, 7) is 0. The SMILES string of the molecule is COc1ccccc1Oc1ccccc1Nc1ccncc1. The van der Waals surface area contributed by atoms with Gasteiger partial charge in [0.15, 0.2) is 17.2 Å². The van der Waals surface area contributed by atoms with Gasteiger partial charge in [0.05, 0.1) is 12.8 Å². The predicted molar refractivity (Wildman–Crippen MR) is 87.0 cm³/mol. The maximum absolute atomic E-state index is 6.00. The fourth-order valence-electron chi connectivity index (χ4n) is 2.07. The minimum atomic E-state index is 0.675. The van der Waals surface area contributed by atoms with Gasteiger partial charge in [0.25, 0.3) is 0 Å². The highest BCUT2D eigenvalue weighted by Gasteiger charge is 2.08. The Bertz CT molecular complexity index is 745. The number of ether oxygens (including phenoxy) is 2. The number of rotatable bonds is 5. The molecule has 1 heterocycles. The second kappa shape index (κ2) is 6.63. The average molecular weight is 292 g/mol. The van der Waals surface area contributed by atoms with Gasteiger partial charge in [0, 0.05) is 18.1 Å². The van der Waals surface area contributed by atoms with Crippen LogP contribution in [-0.2, 0) is 0 Å². The summed E-state index contributed by atoms with van der Waals surface area (Å²) in [5.41, 5.74) is 1.82. The molecule has 0 aliphatic rings. The molecule has 0 saturated carbocycles. The van der Waals surface area contributed by atoms with Crippen LogP contribution < -0.4 is 14.8 Å². The van der Waals surface area contributed by atoms with Crippen molar-refractivity contribution in [3.63, 3.8) is 0 Å². The Labute approximate surface area is 129 Å². The highest BCUT2D eigenvalue weighted by atomic mass is 16.5. The lowest BCUT2D eigenvalue weighted by molar-refractivity contribution is 0.379. The van der Waals surface area contributed by atoms with Gasteiger partial charge in [-0.25, -0.2) is 0 Å². The highest BCUT2D eigenvalue weighted by Crippen LogP contribution is 2.35. The maximum Gasteiger partial charge on any atom is 0.169 e. The fraction of sp³-hybridized carbons (Fsp3) is 0.0556. The molecule has 0 radical (unpaired) electrons. The molecular formula is C18H16N2O2. The molecule has 22 heavy (non-hydrogen) atoms. The van der Waals surface area contributed by atoms with E-state index in [0.717, 1.165) is 17.1 Å². The zero-order valence-electron chi connectivity index (χ0n) is 12.2. The zero-order chi connectivity index (χ0) is 15.2. The lowest BCUT2D eigenvalue weighted by atomic mass is 10.2. The molecule has 0 spiro atoms. The van der Waals surface area contributed by atoms with E-state index in [9.17, 15) is 0 Å². The van der Waals surface area contributed by atoms with Gasteiger partial charge in [-0.1, -0.05) is 24.3 Å². The molecule has 0 fully saturated rings. The van der Waals surface area contributed by atoms with Crippen molar-refractivity contribution in [1.82, 2.24) is 4.98 Å². The van der Waals surface area contributed by atoms with Crippen molar-refractivity contribution in [2.45, 2.75) is 0 Å². The summed E-state index contributed by atoms with van der Waals surface area (Å²) in [6.07, 6.45) is 3.48. The van der Waals surface area contributed by atoms with Crippen LogP contribution in [0.1, 0.15) is 0 Å². The Morgan fingerprint density at radius 3 is 2.14 bits per heavy atom. The van der Waals surface area contributed by atoms with Gasteiger partial charge in [0.1, 0.15) is 0 Å².